The molecule has 1 aliphatic rings. The van der Waals surface area contributed by atoms with E-state index < -0.39 is 26.7 Å². The SMILES string of the molecule is Cc1cccc([N+](=O)[O-])c1S(=O)(=O)N1CCCCC1c1ncc[nH]1. The van der Waals surface area contributed by atoms with Gasteiger partial charge in [-0.1, -0.05) is 18.6 Å². The first kappa shape index (κ1) is 16.6. The number of hydrogen-bond donors (Lipinski definition) is 1. The minimum atomic E-state index is -4.01. The molecule has 0 saturated carbocycles. The molecule has 1 saturated heterocycles. The minimum absolute atomic E-state index is 0.228. The van der Waals surface area contributed by atoms with Crippen molar-refractivity contribution < 1.29 is 13.3 Å². The summed E-state index contributed by atoms with van der Waals surface area (Å²) in [5.74, 6) is 0.564. The van der Waals surface area contributed by atoms with Crippen LogP contribution in [0.4, 0.5) is 5.69 Å². The van der Waals surface area contributed by atoms with E-state index in [9.17, 15) is 18.5 Å². The molecule has 2 heterocycles. The molecule has 0 bridgehead atoms. The molecular formula is C15H18N4O4S. The molecule has 0 spiro atoms. The second-order valence-electron chi connectivity index (χ2n) is 5.78. The molecule has 1 aromatic carbocycles. The number of sulfonamides is 1. The standard InChI is InChI=1S/C15H18N4O4S/c1-11-5-4-7-12(19(20)21)14(11)24(22,23)18-10-3-2-6-13(18)15-16-8-9-17-15/h4-5,7-9,13H,2-3,6,10H2,1H3,(H,16,17). The summed E-state index contributed by atoms with van der Waals surface area (Å²) in [6.07, 6.45) is 5.45. The van der Waals surface area contributed by atoms with Gasteiger partial charge in [0.25, 0.3) is 15.7 Å². The van der Waals surface area contributed by atoms with Crippen LogP contribution in [0.15, 0.2) is 35.5 Å². The average molecular weight is 350 g/mol. The first-order valence-electron chi connectivity index (χ1n) is 7.68. The number of benzene rings is 1. The molecule has 8 nitrogen and oxygen atoms in total. The van der Waals surface area contributed by atoms with E-state index in [4.69, 9.17) is 0 Å². The maximum atomic E-state index is 13.2. The predicted octanol–water partition coefficient (Wildman–Crippen LogP) is 2.54. The lowest BCUT2D eigenvalue weighted by Gasteiger charge is -2.33. The Hall–Kier alpha value is -2.26. The minimum Gasteiger partial charge on any atom is -0.347 e. The summed E-state index contributed by atoms with van der Waals surface area (Å²) in [7, 11) is -4.01. The Morgan fingerprint density at radius 3 is 2.83 bits per heavy atom. The van der Waals surface area contributed by atoms with Gasteiger partial charge in [-0.25, -0.2) is 13.4 Å². The molecule has 1 N–H and O–H groups in total. The van der Waals surface area contributed by atoms with Gasteiger partial charge in [0.05, 0.1) is 11.0 Å². The van der Waals surface area contributed by atoms with Crippen molar-refractivity contribution >= 4 is 15.7 Å². The van der Waals surface area contributed by atoms with Gasteiger partial charge in [0.1, 0.15) is 5.82 Å². The second kappa shape index (κ2) is 6.33. The first-order valence-corrected chi connectivity index (χ1v) is 9.12. The maximum absolute atomic E-state index is 13.2. The molecule has 1 aliphatic heterocycles. The van der Waals surface area contributed by atoms with Crippen molar-refractivity contribution in [3.8, 4) is 0 Å². The van der Waals surface area contributed by atoms with Gasteiger partial charge >= 0.3 is 0 Å². The third kappa shape index (κ3) is 2.80. The number of nitro benzene ring substituents is 1. The number of rotatable bonds is 4. The van der Waals surface area contributed by atoms with E-state index in [0.29, 0.717) is 24.4 Å². The fourth-order valence-corrected chi connectivity index (χ4v) is 5.19. The molecule has 1 atom stereocenters. The number of imidazole rings is 1. The number of nitro groups is 1. The lowest BCUT2D eigenvalue weighted by atomic mass is 10.0. The summed E-state index contributed by atoms with van der Waals surface area (Å²) in [5, 5.41) is 11.3. The zero-order chi connectivity index (χ0) is 17.3. The number of piperidine rings is 1. The van der Waals surface area contributed by atoms with Gasteiger partial charge in [0.15, 0.2) is 4.90 Å². The van der Waals surface area contributed by atoms with Crippen molar-refractivity contribution in [1.82, 2.24) is 14.3 Å². The van der Waals surface area contributed by atoms with Crippen molar-refractivity contribution in [3.63, 3.8) is 0 Å². The van der Waals surface area contributed by atoms with E-state index in [0.717, 1.165) is 12.8 Å². The van der Waals surface area contributed by atoms with Crippen molar-refractivity contribution in [3.05, 3.63) is 52.1 Å². The fraction of sp³-hybridized carbons (Fsp3) is 0.400. The van der Waals surface area contributed by atoms with E-state index in [1.165, 1.54) is 16.4 Å². The molecule has 0 amide bonds. The number of nitrogens with one attached hydrogen (secondary N) is 1. The Morgan fingerprint density at radius 2 is 2.17 bits per heavy atom. The van der Waals surface area contributed by atoms with Crippen molar-refractivity contribution in [2.75, 3.05) is 6.54 Å². The van der Waals surface area contributed by atoms with E-state index in [1.54, 1.807) is 25.4 Å². The van der Waals surface area contributed by atoms with Gasteiger partial charge in [-0.15, -0.1) is 0 Å². The molecule has 0 radical (unpaired) electrons. The highest BCUT2D eigenvalue weighted by Gasteiger charge is 2.39. The molecular weight excluding hydrogens is 332 g/mol. The number of hydrogen-bond acceptors (Lipinski definition) is 5. The van der Waals surface area contributed by atoms with Gasteiger partial charge < -0.3 is 4.98 Å². The van der Waals surface area contributed by atoms with Crippen LogP contribution in [-0.4, -0.2) is 34.2 Å². The zero-order valence-corrected chi connectivity index (χ0v) is 14.0. The third-order valence-electron chi connectivity index (χ3n) is 4.24. The van der Waals surface area contributed by atoms with Gasteiger partial charge in [0, 0.05) is 25.0 Å². The van der Waals surface area contributed by atoms with Crippen LogP contribution in [-0.2, 0) is 10.0 Å². The maximum Gasteiger partial charge on any atom is 0.289 e. The van der Waals surface area contributed by atoms with Crippen LogP contribution in [0, 0.1) is 17.0 Å². The van der Waals surface area contributed by atoms with Crippen LogP contribution in [0.5, 0.6) is 0 Å². The highest BCUT2D eigenvalue weighted by molar-refractivity contribution is 7.89. The zero-order valence-electron chi connectivity index (χ0n) is 13.2. The van der Waals surface area contributed by atoms with Crippen molar-refractivity contribution in [1.29, 1.82) is 0 Å². The number of aromatic amines is 1. The van der Waals surface area contributed by atoms with Crippen LogP contribution < -0.4 is 0 Å². The number of aromatic nitrogens is 2. The van der Waals surface area contributed by atoms with Crippen LogP contribution in [0.25, 0.3) is 0 Å². The van der Waals surface area contributed by atoms with Crippen molar-refractivity contribution in [2.24, 2.45) is 0 Å². The summed E-state index contributed by atoms with van der Waals surface area (Å²) >= 11 is 0. The molecule has 24 heavy (non-hydrogen) atoms. The van der Waals surface area contributed by atoms with Gasteiger partial charge in [-0.3, -0.25) is 10.1 Å². The number of H-pyrrole nitrogens is 1. The smallest absolute Gasteiger partial charge is 0.289 e. The van der Waals surface area contributed by atoms with E-state index in [-0.39, 0.29) is 4.90 Å². The second-order valence-corrected chi connectivity index (χ2v) is 7.61. The molecule has 3 rings (SSSR count). The normalized spacial score (nSPS) is 19.3. The summed E-state index contributed by atoms with van der Waals surface area (Å²) < 4.78 is 27.8. The average Bonchev–Trinajstić information content (AvgIpc) is 3.08. The third-order valence-corrected chi connectivity index (χ3v) is 6.34. The lowest BCUT2D eigenvalue weighted by molar-refractivity contribution is -0.388. The van der Waals surface area contributed by atoms with E-state index >= 15 is 0 Å². The Bertz CT molecular complexity index is 848. The Morgan fingerprint density at radius 1 is 1.38 bits per heavy atom. The number of nitrogens with zero attached hydrogens (tertiary/aromatic N) is 3. The van der Waals surface area contributed by atoms with Gasteiger partial charge in [-0.2, -0.15) is 4.31 Å². The van der Waals surface area contributed by atoms with Crippen LogP contribution in [0.2, 0.25) is 0 Å². The Balaban J connectivity index is 2.12. The van der Waals surface area contributed by atoms with Crippen molar-refractivity contribution in [2.45, 2.75) is 37.1 Å². The predicted molar refractivity (Wildman–Crippen MR) is 86.9 cm³/mol. The Kier molecular flexibility index (Phi) is 4.37. The molecule has 1 fully saturated rings. The highest BCUT2D eigenvalue weighted by Crippen LogP contribution is 2.37. The summed E-state index contributed by atoms with van der Waals surface area (Å²) in [6.45, 7) is 1.89. The lowest BCUT2D eigenvalue weighted by Crippen LogP contribution is -2.39. The molecule has 128 valence electrons. The quantitative estimate of drug-likeness (QED) is 0.673. The van der Waals surface area contributed by atoms with E-state index in [1.807, 2.05) is 0 Å². The largest absolute Gasteiger partial charge is 0.347 e. The summed E-state index contributed by atoms with van der Waals surface area (Å²) in [5.41, 5.74) is -0.0215. The molecule has 1 unspecified atom stereocenters. The topological polar surface area (TPSA) is 109 Å². The highest BCUT2D eigenvalue weighted by atomic mass is 32.2. The summed E-state index contributed by atoms with van der Waals surface area (Å²) in [6, 6.07) is 3.86. The van der Waals surface area contributed by atoms with Gasteiger partial charge in [0.2, 0.25) is 0 Å². The number of aryl methyl sites for hydroxylation is 1. The Labute approximate surface area is 139 Å². The first-order chi connectivity index (χ1) is 11.4. The van der Waals surface area contributed by atoms with Gasteiger partial charge in [-0.05, 0) is 25.3 Å². The molecule has 9 heteroatoms. The monoisotopic (exact) mass is 350 g/mol. The summed E-state index contributed by atoms with van der Waals surface area (Å²) in [4.78, 5) is 17.6. The van der Waals surface area contributed by atoms with Crippen LogP contribution in [0.1, 0.15) is 36.7 Å². The van der Waals surface area contributed by atoms with E-state index in [2.05, 4.69) is 9.97 Å². The molecule has 0 aliphatic carbocycles. The van der Waals surface area contributed by atoms with Crippen LogP contribution in [0.3, 0.4) is 0 Å². The molecule has 2 aromatic rings. The fourth-order valence-electron chi connectivity index (χ4n) is 3.16. The molecule has 1 aromatic heterocycles. The van der Waals surface area contributed by atoms with Crippen LogP contribution >= 0.6 is 0 Å².